The van der Waals surface area contributed by atoms with Crippen LogP contribution in [0.5, 0.6) is 0 Å². The highest BCUT2D eigenvalue weighted by atomic mass is 19.1. The molecule has 0 atom stereocenters. The summed E-state index contributed by atoms with van der Waals surface area (Å²) in [7, 11) is 1.63. The fourth-order valence-electron chi connectivity index (χ4n) is 3.15. The quantitative estimate of drug-likeness (QED) is 0.928. The first kappa shape index (κ1) is 15.5. The van der Waals surface area contributed by atoms with Crippen LogP contribution < -0.4 is 0 Å². The summed E-state index contributed by atoms with van der Waals surface area (Å²) in [5, 5.41) is 9.18. The topological polar surface area (TPSA) is 57.6 Å². The molecule has 0 spiro atoms. The third-order valence-corrected chi connectivity index (χ3v) is 4.35. The van der Waals surface area contributed by atoms with Crippen molar-refractivity contribution in [3.63, 3.8) is 0 Å². The molecule has 1 aromatic carbocycles. The Balaban J connectivity index is 2.27. The summed E-state index contributed by atoms with van der Waals surface area (Å²) in [5.41, 5.74) is -0.402. The maximum atomic E-state index is 13.3. The van der Waals surface area contributed by atoms with E-state index in [2.05, 4.69) is 0 Å². The summed E-state index contributed by atoms with van der Waals surface area (Å²) < 4.78 is 13.3. The van der Waals surface area contributed by atoms with Gasteiger partial charge in [-0.05, 0) is 31.0 Å². The van der Waals surface area contributed by atoms with E-state index in [4.69, 9.17) is 0 Å². The third-order valence-electron chi connectivity index (χ3n) is 4.35. The lowest BCUT2D eigenvalue weighted by Crippen LogP contribution is -2.52. The van der Waals surface area contributed by atoms with Gasteiger partial charge in [0.1, 0.15) is 5.82 Å². The number of carboxylic acids is 1. The van der Waals surface area contributed by atoms with Crippen LogP contribution in [-0.2, 0) is 4.79 Å². The molecular weight excluding hydrogens is 273 g/mol. The van der Waals surface area contributed by atoms with Gasteiger partial charge in [-0.2, -0.15) is 0 Å². The zero-order valence-corrected chi connectivity index (χ0v) is 12.1. The van der Waals surface area contributed by atoms with E-state index in [0.29, 0.717) is 12.8 Å². The highest BCUT2D eigenvalue weighted by Crippen LogP contribution is 2.36. The van der Waals surface area contributed by atoms with Gasteiger partial charge in [0.15, 0.2) is 0 Å². The molecule has 0 aliphatic heterocycles. The third kappa shape index (κ3) is 3.40. The average Bonchev–Trinajstić information content (AvgIpc) is 2.46. The number of nitrogens with zero attached hydrogens (tertiary/aromatic N) is 1. The molecular formula is C16H20FNO3. The van der Waals surface area contributed by atoms with Gasteiger partial charge in [0.25, 0.3) is 5.91 Å². The van der Waals surface area contributed by atoms with E-state index in [1.54, 1.807) is 13.1 Å². The number of aliphatic carboxylic acids is 1. The lowest BCUT2D eigenvalue weighted by Gasteiger charge is -2.44. The summed E-state index contributed by atoms with van der Waals surface area (Å²) in [5.74, 6) is -1.70. The van der Waals surface area contributed by atoms with Crippen LogP contribution in [0.3, 0.4) is 0 Å². The summed E-state index contributed by atoms with van der Waals surface area (Å²) in [4.78, 5) is 25.3. The number of benzene rings is 1. The van der Waals surface area contributed by atoms with E-state index in [-0.39, 0.29) is 17.9 Å². The molecule has 1 amide bonds. The molecule has 2 rings (SSSR count). The van der Waals surface area contributed by atoms with Crippen LogP contribution in [0.2, 0.25) is 0 Å². The van der Waals surface area contributed by atoms with E-state index < -0.39 is 17.3 Å². The molecule has 114 valence electrons. The normalized spacial score (nSPS) is 17.2. The SMILES string of the molecule is CN(C(=O)c1cccc(F)c1)C1(CC(=O)O)CCCCC1. The fourth-order valence-corrected chi connectivity index (χ4v) is 3.15. The second-order valence-corrected chi connectivity index (χ2v) is 5.73. The van der Waals surface area contributed by atoms with Crippen molar-refractivity contribution in [3.05, 3.63) is 35.6 Å². The van der Waals surface area contributed by atoms with Crippen LogP contribution in [0.4, 0.5) is 4.39 Å². The van der Waals surface area contributed by atoms with Crippen LogP contribution in [0.15, 0.2) is 24.3 Å². The zero-order valence-electron chi connectivity index (χ0n) is 12.1. The Kier molecular flexibility index (Phi) is 4.60. The first-order valence-electron chi connectivity index (χ1n) is 7.20. The van der Waals surface area contributed by atoms with Crippen LogP contribution >= 0.6 is 0 Å². The van der Waals surface area contributed by atoms with Gasteiger partial charge in [0, 0.05) is 12.6 Å². The smallest absolute Gasteiger partial charge is 0.305 e. The summed E-state index contributed by atoms with van der Waals surface area (Å²) in [6.45, 7) is 0. The molecule has 1 fully saturated rings. The van der Waals surface area contributed by atoms with E-state index in [1.165, 1.54) is 23.1 Å². The Labute approximate surface area is 123 Å². The van der Waals surface area contributed by atoms with Gasteiger partial charge in [0.2, 0.25) is 0 Å². The Bertz CT molecular complexity index is 538. The highest BCUT2D eigenvalue weighted by molar-refractivity contribution is 5.94. The van der Waals surface area contributed by atoms with Gasteiger partial charge in [-0.3, -0.25) is 9.59 Å². The number of carbonyl (C=O) groups excluding carboxylic acids is 1. The summed E-state index contributed by atoms with van der Waals surface area (Å²) in [6, 6.07) is 5.51. The number of carbonyl (C=O) groups is 2. The Hall–Kier alpha value is -1.91. The Morgan fingerprint density at radius 3 is 2.52 bits per heavy atom. The molecule has 21 heavy (non-hydrogen) atoms. The Morgan fingerprint density at radius 2 is 1.95 bits per heavy atom. The van der Waals surface area contributed by atoms with Crippen molar-refractivity contribution in [3.8, 4) is 0 Å². The number of hydrogen-bond donors (Lipinski definition) is 1. The van der Waals surface area contributed by atoms with Crippen molar-refractivity contribution in [1.29, 1.82) is 0 Å². The molecule has 1 aromatic rings. The van der Waals surface area contributed by atoms with Crippen molar-refractivity contribution < 1.29 is 19.1 Å². The standard InChI is InChI=1S/C16H20FNO3/c1-18(15(21)12-6-5-7-13(17)10-12)16(11-14(19)20)8-3-2-4-9-16/h5-7,10H,2-4,8-9,11H2,1H3,(H,19,20). The molecule has 0 bridgehead atoms. The largest absolute Gasteiger partial charge is 0.481 e. The van der Waals surface area contributed by atoms with Crippen LogP contribution in [-0.4, -0.2) is 34.5 Å². The first-order valence-corrected chi connectivity index (χ1v) is 7.20. The van der Waals surface area contributed by atoms with Crippen molar-refractivity contribution in [2.75, 3.05) is 7.05 Å². The maximum absolute atomic E-state index is 13.3. The van der Waals surface area contributed by atoms with Crippen molar-refractivity contribution in [1.82, 2.24) is 4.90 Å². The number of amides is 1. The fraction of sp³-hybridized carbons (Fsp3) is 0.500. The number of halogens is 1. The molecule has 0 unspecified atom stereocenters. The van der Waals surface area contributed by atoms with Crippen LogP contribution in [0, 0.1) is 5.82 Å². The van der Waals surface area contributed by atoms with Crippen LogP contribution in [0.1, 0.15) is 48.9 Å². The lowest BCUT2D eigenvalue weighted by molar-refractivity contribution is -0.140. The summed E-state index contributed by atoms with van der Waals surface area (Å²) in [6.07, 6.45) is 4.17. The van der Waals surface area contributed by atoms with E-state index in [1.807, 2.05) is 0 Å². The molecule has 1 N–H and O–H groups in total. The predicted molar refractivity (Wildman–Crippen MR) is 76.6 cm³/mol. The number of rotatable bonds is 4. The Morgan fingerprint density at radius 1 is 1.29 bits per heavy atom. The van der Waals surface area contributed by atoms with Crippen molar-refractivity contribution in [2.45, 2.75) is 44.1 Å². The van der Waals surface area contributed by atoms with E-state index in [0.717, 1.165) is 19.3 Å². The minimum absolute atomic E-state index is 0.0649. The number of carboxylic acid groups (broad SMARTS) is 1. The molecule has 5 heteroatoms. The van der Waals surface area contributed by atoms with Crippen molar-refractivity contribution >= 4 is 11.9 Å². The average molecular weight is 293 g/mol. The van der Waals surface area contributed by atoms with Gasteiger partial charge in [-0.25, -0.2) is 4.39 Å². The molecule has 1 saturated carbocycles. The molecule has 1 aliphatic carbocycles. The molecule has 1 aliphatic rings. The second-order valence-electron chi connectivity index (χ2n) is 5.73. The molecule has 0 heterocycles. The monoisotopic (exact) mass is 293 g/mol. The number of hydrogen-bond acceptors (Lipinski definition) is 2. The molecule has 0 aromatic heterocycles. The minimum Gasteiger partial charge on any atom is -0.481 e. The van der Waals surface area contributed by atoms with Gasteiger partial charge < -0.3 is 10.0 Å². The molecule has 4 nitrogen and oxygen atoms in total. The van der Waals surface area contributed by atoms with Gasteiger partial charge >= 0.3 is 5.97 Å². The van der Waals surface area contributed by atoms with Gasteiger partial charge in [-0.15, -0.1) is 0 Å². The van der Waals surface area contributed by atoms with Gasteiger partial charge in [-0.1, -0.05) is 25.3 Å². The van der Waals surface area contributed by atoms with Crippen LogP contribution in [0.25, 0.3) is 0 Å². The minimum atomic E-state index is -0.907. The highest BCUT2D eigenvalue weighted by Gasteiger charge is 2.40. The first-order chi connectivity index (χ1) is 9.94. The summed E-state index contributed by atoms with van der Waals surface area (Å²) >= 11 is 0. The predicted octanol–water partition coefficient (Wildman–Crippen LogP) is 3.08. The maximum Gasteiger partial charge on any atom is 0.305 e. The van der Waals surface area contributed by atoms with E-state index in [9.17, 15) is 19.1 Å². The molecule has 0 saturated heterocycles. The van der Waals surface area contributed by atoms with Crippen molar-refractivity contribution in [2.24, 2.45) is 0 Å². The lowest BCUT2D eigenvalue weighted by atomic mass is 9.78. The molecule has 0 radical (unpaired) electrons. The second kappa shape index (κ2) is 6.24. The van der Waals surface area contributed by atoms with E-state index >= 15 is 0 Å². The zero-order chi connectivity index (χ0) is 15.5. The van der Waals surface area contributed by atoms with Gasteiger partial charge in [0.05, 0.1) is 12.0 Å².